The van der Waals surface area contributed by atoms with Gasteiger partial charge in [-0.3, -0.25) is 13.9 Å². The number of fused-ring (bicyclic) bond motifs is 3. The molecule has 5 rings (SSSR count). The van der Waals surface area contributed by atoms with E-state index in [9.17, 15) is 14.0 Å². The highest BCUT2D eigenvalue weighted by atomic mass is 19.1. The molecule has 0 aliphatic carbocycles. The van der Waals surface area contributed by atoms with Gasteiger partial charge in [-0.2, -0.15) is 0 Å². The molecule has 0 saturated heterocycles. The topological polar surface area (TPSA) is 58.2 Å². The van der Waals surface area contributed by atoms with E-state index < -0.39 is 23.1 Å². The number of nitrogens with zero attached hydrogens (tertiary/aromatic N) is 3. The molecule has 1 aliphatic heterocycles. The highest BCUT2D eigenvalue weighted by Crippen LogP contribution is 2.45. The first-order chi connectivity index (χ1) is 15.6. The summed E-state index contributed by atoms with van der Waals surface area (Å²) in [5.41, 5.74) is 2.73. The molecule has 4 aromatic rings. The average Bonchev–Trinajstić information content (AvgIpc) is 3.15. The molecule has 0 unspecified atom stereocenters. The van der Waals surface area contributed by atoms with Crippen molar-refractivity contribution < 1.29 is 9.13 Å². The van der Waals surface area contributed by atoms with Gasteiger partial charge in [0.2, 0.25) is 0 Å². The van der Waals surface area contributed by atoms with Gasteiger partial charge in [0.25, 0.3) is 5.56 Å². The van der Waals surface area contributed by atoms with Crippen LogP contribution in [0.4, 0.5) is 4.39 Å². The van der Waals surface area contributed by atoms with Gasteiger partial charge >= 0.3 is 5.69 Å². The van der Waals surface area contributed by atoms with Crippen molar-refractivity contribution in [3.05, 3.63) is 92.0 Å². The fourth-order valence-electron chi connectivity index (χ4n) is 4.99. The Kier molecular flexibility index (Phi) is 4.72. The van der Waals surface area contributed by atoms with Crippen molar-refractivity contribution in [3.8, 4) is 11.3 Å². The number of halogens is 1. The first kappa shape index (κ1) is 21.4. The van der Waals surface area contributed by atoms with Crippen LogP contribution >= 0.6 is 0 Å². The first-order valence-electron chi connectivity index (χ1n) is 10.9. The number of benzene rings is 2. The van der Waals surface area contributed by atoms with Crippen LogP contribution in [0.25, 0.3) is 22.2 Å². The Morgan fingerprint density at radius 2 is 1.76 bits per heavy atom. The third kappa shape index (κ3) is 3.03. The van der Waals surface area contributed by atoms with E-state index in [0.717, 1.165) is 21.4 Å². The van der Waals surface area contributed by atoms with Crippen LogP contribution in [0.15, 0.2) is 58.1 Å². The van der Waals surface area contributed by atoms with Crippen LogP contribution < -0.4 is 11.2 Å². The molecule has 0 N–H and O–H groups in total. The van der Waals surface area contributed by atoms with Crippen molar-refractivity contribution in [1.82, 2.24) is 13.7 Å². The Morgan fingerprint density at radius 1 is 1.03 bits per heavy atom. The van der Waals surface area contributed by atoms with Gasteiger partial charge in [-0.05, 0) is 38.5 Å². The standard InChI is InChI=1S/C26H26FN3O3/c1-15-9-8-10-16(13-15)20-19-21(28(4)25(32)29(5)24(19)31)22-23(17-11-6-7-12-18(17)27)33-14-26(2,3)30(20)22/h6-13,23H,14H2,1-5H3/t23-/m0/s1. The van der Waals surface area contributed by atoms with E-state index in [1.54, 1.807) is 25.2 Å². The maximum absolute atomic E-state index is 14.9. The highest BCUT2D eigenvalue weighted by molar-refractivity contribution is 5.97. The lowest BCUT2D eigenvalue weighted by molar-refractivity contribution is -0.00855. The Balaban J connectivity index is 2.04. The van der Waals surface area contributed by atoms with Gasteiger partial charge in [0, 0.05) is 19.7 Å². The zero-order valence-corrected chi connectivity index (χ0v) is 19.3. The number of hydrogen-bond acceptors (Lipinski definition) is 3. The Hall–Kier alpha value is -3.45. The Morgan fingerprint density at radius 3 is 2.45 bits per heavy atom. The molecule has 33 heavy (non-hydrogen) atoms. The summed E-state index contributed by atoms with van der Waals surface area (Å²) in [6.07, 6.45) is -0.766. The summed E-state index contributed by atoms with van der Waals surface area (Å²) in [6, 6.07) is 14.4. The summed E-state index contributed by atoms with van der Waals surface area (Å²) < 4.78 is 25.9. The van der Waals surface area contributed by atoms with E-state index in [0.29, 0.717) is 28.8 Å². The SMILES string of the molecule is Cc1cccc(-c2c3c(=O)n(C)c(=O)n(C)c3c3n2C(C)(C)CO[C@H]3c2ccccc2F)c1. The lowest BCUT2D eigenvalue weighted by Crippen LogP contribution is -2.40. The largest absolute Gasteiger partial charge is 0.365 e. The molecule has 0 saturated carbocycles. The molecule has 1 atom stereocenters. The summed E-state index contributed by atoms with van der Waals surface area (Å²) in [5, 5.41) is 0.431. The van der Waals surface area contributed by atoms with Crippen molar-refractivity contribution in [1.29, 1.82) is 0 Å². The lowest BCUT2D eigenvalue weighted by Gasteiger charge is -2.39. The van der Waals surface area contributed by atoms with E-state index in [1.165, 1.54) is 17.7 Å². The second-order valence-corrected chi connectivity index (χ2v) is 9.39. The van der Waals surface area contributed by atoms with Gasteiger partial charge in [0.1, 0.15) is 11.9 Å². The van der Waals surface area contributed by atoms with E-state index in [2.05, 4.69) is 4.57 Å². The second-order valence-electron chi connectivity index (χ2n) is 9.39. The molecule has 2 aromatic carbocycles. The molecule has 0 radical (unpaired) electrons. The summed E-state index contributed by atoms with van der Waals surface area (Å²) in [4.78, 5) is 26.5. The van der Waals surface area contributed by atoms with Gasteiger partial charge in [0.15, 0.2) is 0 Å². The predicted octanol–water partition coefficient (Wildman–Crippen LogP) is 4.01. The third-order valence-corrected chi connectivity index (χ3v) is 6.54. The van der Waals surface area contributed by atoms with Crippen molar-refractivity contribution in [2.45, 2.75) is 32.4 Å². The summed E-state index contributed by atoms with van der Waals surface area (Å²) in [6.45, 7) is 6.35. The van der Waals surface area contributed by atoms with Crippen LogP contribution in [0, 0.1) is 12.7 Å². The maximum atomic E-state index is 14.9. The molecule has 2 aromatic heterocycles. The first-order valence-corrected chi connectivity index (χ1v) is 10.9. The Labute approximate surface area is 190 Å². The zero-order chi connectivity index (χ0) is 23.7. The van der Waals surface area contributed by atoms with Crippen molar-refractivity contribution in [2.75, 3.05) is 6.61 Å². The molecule has 7 heteroatoms. The highest BCUT2D eigenvalue weighted by Gasteiger charge is 2.41. The molecular formula is C26H26FN3O3. The third-order valence-electron chi connectivity index (χ3n) is 6.54. The predicted molar refractivity (Wildman–Crippen MR) is 126 cm³/mol. The van der Waals surface area contributed by atoms with Gasteiger partial charge < -0.3 is 9.30 Å². The molecule has 0 amide bonds. The number of ether oxygens (including phenoxy) is 1. The van der Waals surface area contributed by atoms with Crippen molar-refractivity contribution >= 4 is 10.9 Å². The van der Waals surface area contributed by atoms with E-state index in [4.69, 9.17) is 4.74 Å². The number of aromatic nitrogens is 3. The molecule has 0 fully saturated rings. The van der Waals surface area contributed by atoms with E-state index in [1.807, 2.05) is 45.0 Å². The normalized spacial score (nSPS) is 17.3. The molecule has 170 valence electrons. The second kappa shape index (κ2) is 7.28. The van der Waals surface area contributed by atoms with E-state index >= 15 is 0 Å². The maximum Gasteiger partial charge on any atom is 0.331 e. The fraction of sp³-hybridized carbons (Fsp3) is 0.308. The smallest absolute Gasteiger partial charge is 0.331 e. The minimum absolute atomic E-state index is 0.313. The van der Waals surface area contributed by atoms with Crippen LogP contribution in [0.5, 0.6) is 0 Å². The average molecular weight is 448 g/mol. The molecule has 3 heterocycles. The Bertz CT molecular complexity index is 1540. The summed E-state index contributed by atoms with van der Waals surface area (Å²) >= 11 is 0. The van der Waals surface area contributed by atoms with Crippen LogP contribution in [0.1, 0.15) is 36.8 Å². The van der Waals surface area contributed by atoms with Gasteiger partial charge in [-0.1, -0.05) is 42.0 Å². The van der Waals surface area contributed by atoms with Crippen LogP contribution in [0.2, 0.25) is 0 Å². The van der Waals surface area contributed by atoms with Crippen molar-refractivity contribution in [2.24, 2.45) is 14.1 Å². The molecule has 0 bridgehead atoms. The van der Waals surface area contributed by atoms with Crippen LogP contribution in [-0.4, -0.2) is 20.3 Å². The van der Waals surface area contributed by atoms with Crippen LogP contribution in [-0.2, 0) is 24.4 Å². The monoisotopic (exact) mass is 447 g/mol. The summed E-state index contributed by atoms with van der Waals surface area (Å²) in [5.74, 6) is -0.394. The molecule has 1 aliphatic rings. The van der Waals surface area contributed by atoms with Gasteiger partial charge in [-0.25, -0.2) is 9.18 Å². The van der Waals surface area contributed by atoms with Crippen LogP contribution in [0.3, 0.4) is 0 Å². The molecule has 6 nitrogen and oxygen atoms in total. The summed E-state index contributed by atoms with van der Waals surface area (Å²) in [7, 11) is 3.13. The minimum atomic E-state index is -0.766. The minimum Gasteiger partial charge on any atom is -0.365 e. The number of rotatable bonds is 2. The lowest BCUT2D eigenvalue weighted by atomic mass is 9.97. The van der Waals surface area contributed by atoms with Crippen molar-refractivity contribution in [3.63, 3.8) is 0 Å². The number of aryl methyl sites for hydroxylation is 2. The fourth-order valence-corrected chi connectivity index (χ4v) is 4.99. The van der Waals surface area contributed by atoms with Gasteiger partial charge in [0.05, 0.1) is 34.4 Å². The van der Waals surface area contributed by atoms with Gasteiger partial charge in [-0.15, -0.1) is 0 Å². The zero-order valence-electron chi connectivity index (χ0n) is 19.3. The number of hydrogen-bond donors (Lipinski definition) is 0. The molecular weight excluding hydrogens is 421 g/mol. The molecule has 0 spiro atoms. The quantitative estimate of drug-likeness (QED) is 0.467. The van der Waals surface area contributed by atoms with E-state index in [-0.39, 0.29) is 5.56 Å².